The van der Waals surface area contributed by atoms with Gasteiger partial charge in [-0.15, -0.1) is 0 Å². The fraction of sp³-hybridized carbons (Fsp3) is 0.444. The zero-order valence-electron chi connectivity index (χ0n) is 7.91. The summed E-state index contributed by atoms with van der Waals surface area (Å²) >= 11 is 0. The van der Waals surface area contributed by atoms with E-state index in [9.17, 15) is 0 Å². The van der Waals surface area contributed by atoms with Crippen molar-refractivity contribution in [2.45, 2.75) is 6.92 Å². The minimum absolute atomic E-state index is 0.503. The lowest BCUT2D eigenvalue weighted by Gasteiger charge is -1.98. The molecule has 1 heterocycles. The average molecular weight is 182 g/mol. The van der Waals surface area contributed by atoms with Crippen LogP contribution in [-0.4, -0.2) is 26.1 Å². The van der Waals surface area contributed by atoms with Gasteiger partial charge in [0.2, 0.25) is 0 Å². The van der Waals surface area contributed by atoms with Gasteiger partial charge in [0.25, 0.3) is 0 Å². The predicted molar refractivity (Wildman–Crippen MR) is 50.9 cm³/mol. The molecule has 0 radical (unpaired) electrons. The van der Waals surface area contributed by atoms with E-state index < -0.39 is 0 Å². The molecule has 0 fully saturated rings. The van der Waals surface area contributed by atoms with Crippen molar-refractivity contribution in [3.63, 3.8) is 0 Å². The first kappa shape index (κ1) is 9.80. The van der Waals surface area contributed by atoms with Crippen LogP contribution >= 0.6 is 0 Å². The average Bonchev–Trinajstić information content (AvgIpc) is 2.52. The third-order valence-corrected chi connectivity index (χ3v) is 1.71. The number of hydrogen-bond donors (Lipinski definition) is 1. The minimum atomic E-state index is 0.503. The van der Waals surface area contributed by atoms with E-state index in [0.717, 1.165) is 11.3 Å². The first-order chi connectivity index (χ1) is 6.25. The maximum Gasteiger partial charge on any atom is 0.129 e. The second kappa shape index (κ2) is 4.67. The van der Waals surface area contributed by atoms with Crippen LogP contribution in [0.5, 0.6) is 0 Å². The van der Waals surface area contributed by atoms with Gasteiger partial charge in [-0.25, -0.2) is 0 Å². The fourth-order valence-electron chi connectivity index (χ4n) is 0.993. The maximum absolute atomic E-state index is 5.72. The van der Waals surface area contributed by atoms with Gasteiger partial charge in [-0.1, -0.05) is 0 Å². The van der Waals surface area contributed by atoms with Crippen LogP contribution in [-0.2, 0) is 4.74 Å². The summed E-state index contributed by atoms with van der Waals surface area (Å²) in [7, 11) is 1.63. The van der Waals surface area contributed by atoms with Crippen molar-refractivity contribution in [3.05, 3.63) is 23.7 Å². The van der Waals surface area contributed by atoms with E-state index >= 15 is 0 Å². The molecule has 0 aliphatic rings. The summed E-state index contributed by atoms with van der Waals surface area (Å²) in [5.74, 6) is 1.29. The van der Waals surface area contributed by atoms with Crippen molar-refractivity contribution in [1.82, 2.24) is 0 Å². The molecule has 1 rings (SSSR count). The first-order valence-corrected chi connectivity index (χ1v) is 4.09. The molecular weight excluding hydrogens is 168 g/mol. The second-order valence-electron chi connectivity index (χ2n) is 2.65. The van der Waals surface area contributed by atoms with Crippen molar-refractivity contribution in [2.75, 3.05) is 20.3 Å². The number of ether oxygens (including phenoxy) is 1. The Balaban J connectivity index is 2.62. The number of aryl methyl sites for hydroxylation is 1. The number of methoxy groups -OCH3 is 1. The van der Waals surface area contributed by atoms with Crippen LogP contribution in [0.1, 0.15) is 11.3 Å². The second-order valence-corrected chi connectivity index (χ2v) is 2.65. The summed E-state index contributed by atoms with van der Waals surface area (Å²) in [6.07, 6.45) is 1.60. The lowest BCUT2D eigenvalue weighted by Crippen LogP contribution is -2.15. The van der Waals surface area contributed by atoms with Gasteiger partial charge >= 0.3 is 0 Å². The van der Waals surface area contributed by atoms with Gasteiger partial charge in [-0.2, -0.15) is 0 Å². The molecule has 0 aliphatic heterocycles. The fourth-order valence-corrected chi connectivity index (χ4v) is 0.993. The lowest BCUT2D eigenvalue weighted by atomic mass is 10.2. The summed E-state index contributed by atoms with van der Waals surface area (Å²) in [5.41, 5.74) is 6.57. The Labute approximate surface area is 77.4 Å². The van der Waals surface area contributed by atoms with Crippen molar-refractivity contribution < 1.29 is 9.15 Å². The standard InChI is InChI=1S/C9H14N2O2/c1-7-8(3-5-13-7)9(10)11-4-6-12-2/h3,5H,4,6H2,1-2H3,(H2,10,11). The number of aliphatic imine (C=N–C) groups is 1. The number of hydrogen-bond acceptors (Lipinski definition) is 3. The summed E-state index contributed by atoms with van der Waals surface area (Å²) in [5, 5.41) is 0. The van der Waals surface area contributed by atoms with Crippen molar-refractivity contribution in [2.24, 2.45) is 10.7 Å². The van der Waals surface area contributed by atoms with Gasteiger partial charge in [0.05, 0.1) is 25.0 Å². The topological polar surface area (TPSA) is 60.8 Å². The number of nitrogens with zero attached hydrogens (tertiary/aromatic N) is 1. The highest BCUT2D eigenvalue weighted by atomic mass is 16.5. The highest BCUT2D eigenvalue weighted by Gasteiger charge is 2.04. The first-order valence-electron chi connectivity index (χ1n) is 4.09. The smallest absolute Gasteiger partial charge is 0.129 e. The number of amidine groups is 1. The van der Waals surface area contributed by atoms with E-state index in [1.807, 2.05) is 6.92 Å². The zero-order chi connectivity index (χ0) is 9.68. The molecule has 72 valence electrons. The van der Waals surface area contributed by atoms with Gasteiger partial charge in [-0.05, 0) is 13.0 Å². The van der Waals surface area contributed by atoms with Gasteiger partial charge < -0.3 is 14.9 Å². The van der Waals surface area contributed by atoms with Gasteiger partial charge in [0.15, 0.2) is 0 Å². The summed E-state index contributed by atoms with van der Waals surface area (Å²) < 4.78 is 9.95. The quantitative estimate of drug-likeness (QED) is 0.428. The van der Waals surface area contributed by atoms with Crippen molar-refractivity contribution >= 4 is 5.84 Å². The molecule has 0 bridgehead atoms. The molecule has 0 aromatic carbocycles. The molecule has 4 nitrogen and oxygen atoms in total. The lowest BCUT2D eigenvalue weighted by molar-refractivity contribution is 0.208. The molecule has 0 unspecified atom stereocenters. The van der Waals surface area contributed by atoms with Crippen molar-refractivity contribution in [3.8, 4) is 0 Å². The van der Waals surface area contributed by atoms with Crippen LogP contribution in [0, 0.1) is 6.92 Å². The van der Waals surface area contributed by atoms with Crippen LogP contribution < -0.4 is 5.73 Å². The van der Waals surface area contributed by atoms with Crippen LogP contribution in [0.2, 0.25) is 0 Å². The summed E-state index contributed by atoms with van der Waals surface area (Å²) in [6, 6.07) is 1.81. The molecule has 2 N–H and O–H groups in total. The maximum atomic E-state index is 5.72. The molecule has 4 heteroatoms. The molecule has 0 aliphatic carbocycles. The van der Waals surface area contributed by atoms with Crippen LogP contribution in [0.15, 0.2) is 21.7 Å². The van der Waals surface area contributed by atoms with Crippen LogP contribution in [0.25, 0.3) is 0 Å². The summed E-state index contributed by atoms with van der Waals surface area (Å²) in [4.78, 5) is 4.13. The minimum Gasteiger partial charge on any atom is -0.469 e. The normalized spacial score (nSPS) is 12.0. The van der Waals surface area contributed by atoms with E-state index in [2.05, 4.69) is 4.99 Å². The van der Waals surface area contributed by atoms with Gasteiger partial charge in [-0.3, -0.25) is 4.99 Å². The molecule has 0 amide bonds. The Morgan fingerprint density at radius 2 is 2.46 bits per heavy atom. The largest absolute Gasteiger partial charge is 0.469 e. The highest BCUT2D eigenvalue weighted by Crippen LogP contribution is 2.07. The SMILES string of the molecule is COCCN=C(N)c1ccoc1C. The molecular formula is C9H14N2O2. The Kier molecular flexibility index (Phi) is 3.52. The monoisotopic (exact) mass is 182 g/mol. The number of rotatable bonds is 4. The highest BCUT2D eigenvalue weighted by molar-refractivity contribution is 5.98. The van der Waals surface area contributed by atoms with E-state index in [-0.39, 0.29) is 0 Å². The molecule has 13 heavy (non-hydrogen) atoms. The molecule has 0 saturated heterocycles. The van der Waals surface area contributed by atoms with Crippen molar-refractivity contribution in [1.29, 1.82) is 0 Å². The van der Waals surface area contributed by atoms with E-state index in [1.165, 1.54) is 0 Å². The molecule has 0 saturated carbocycles. The Morgan fingerprint density at radius 3 is 3.00 bits per heavy atom. The zero-order valence-corrected chi connectivity index (χ0v) is 7.91. The number of nitrogens with two attached hydrogens (primary N) is 1. The molecule has 0 atom stereocenters. The van der Waals surface area contributed by atoms with Gasteiger partial charge in [0, 0.05) is 7.11 Å². The Hall–Kier alpha value is -1.29. The predicted octanol–water partition coefficient (Wildman–Crippen LogP) is 0.940. The number of furan rings is 1. The van der Waals surface area contributed by atoms with Crippen LogP contribution in [0.3, 0.4) is 0 Å². The Bertz CT molecular complexity index is 292. The third kappa shape index (κ3) is 2.59. The van der Waals surface area contributed by atoms with Gasteiger partial charge in [0.1, 0.15) is 11.6 Å². The summed E-state index contributed by atoms with van der Waals surface area (Å²) in [6.45, 7) is 3.01. The molecule has 0 spiro atoms. The van der Waals surface area contributed by atoms with E-state index in [4.69, 9.17) is 14.9 Å². The third-order valence-electron chi connectivity index (χ3n) is 1.71. The molecule has 1 aromatic heterocycles. The van der Waals surface area contributed by atoms with E-state index in [0.29, 0.717) is 19.0 Å². The molecule has 1 aromatic rings. The van der Waals surface area contributed by atoms with Crippen LogP contribution in [0.4, 0.5) is 0 Å². The Morgan fingerprint density at radius 1 is 1.69 bits per heavy atom. The van der Waals surface area contributed by atoms with E-state index in [1.54, 1.807) is 19.4 Å².